The van der Waals surface area contributed by atoms with Gasteiger partial charge in [0.1, 0.15) is 5.01 Å². The number of sulfonamides is 1. The van der Waals surface area contributed by atoms with Crippen LogP contribution >= 0.6 is 22.9 Å². The molecule has 0 spiro atoms. The van der Waals surface area contributed by atoms with Gasteiger partial charge in [-0.25, -0.2) is 13.4 Å². The molecular weight excluding hydrogens is 406 g/mol. The Kier molecular flexibility index (Phi) is 4.87. The van der Waals surface area contributed by atoms with Crippen molar-refractivity contribution < 1.29 is 8.42 Å². The summed E-state index contributed by atoms with van der Waals surface area (Å²) in [6.07, 6.45) is 0.755. The van der Waals surface area contributed by atoms with E-state index >= 15 is 0 Å². The van der Waals surface area contributed by atoms with Gasteiger partial charge in [-0.05, 0) is 31.5 Å². The van der Waals surface area contributed by atoms with E-state index in [4.69, 9.17) is 11.6 Å². The molecule has 10 heteroatoms. The smallest absolute Gasteiger partial charge is 0.262 e. The Hall–Kier alpha value is -1.68. The Balaban J connectivity index is 1.59. The molecule has 0 radical (unpaired) electrons. The molecule has 4 rings (SSSR count). The van der Waals surface area contributed by atoms with E-state index in [1.54, 1.807) is 6.92 Å². The first-order chi connectivity index (χ1) is 12.9. The standard InChI is InChI=1S/C17H20ClN5O2S2/c1-3-15-20-23-16(12(2)19-17(23)26-15)27(24,25)22-9-7-21(8-10-22)14-6-4-5-13(18)11-14/h4-6,11H,3,7-10H2,1-2H3. The number of nitrogens with zero attached hydrogens (tertiary/aromatic N) is 5. The molecular formula is C17H20ClN5O2S2. The van der Waals surface area contributed by atoms with Crippen LogP contribution in [0.4, 0.5) is 5.69 Å². The van der Waals surface area contributed by atoms with Gasteiger partial charge in [0.05, 0.1) is 5.69 Å². The molecule has 7 nitrogen and oxygen atoms in total. The van der Waals surface area contributed by atoms with Gasteiger partial charge >= 0.3 is 0 Å². The van der Waals surface area contributed by atoms with E-state index in [0.29, 0.717) is 41.9 Å². The summed E-state index contributed by atoms with van der Waals surface area (Å²) in [4.78, 5) is 7.18. The minimum Gasteiger partial charge on any atom is -0.369 e. The van der Waals surface area contributed by atoms with Crippen LogP contribution in [0.2, 0.25) is 5.02 Å². The van der Waals surface area contributed by atoms with E-state index in [0.717, 1.165) is 17.1 Å². The molecule has 0 aliphatic carbocycles. The van der Waals surface area contributed by atoms with Crippen molar-refractivity contribution in [3.05, 3.63) is 40.0 Å². The molecule has 27 heavy (non-hydrogen) atoms. The summed E-state index contributed by atoms with van der Waals surface area (Å²) >= 11 is 7.50. The fraction of sp³-hybridized carbons (Fsp3) is 0.412. The molecule has 0 amide bonds. The average Bonchev–Trinajstić information content (AvgIpc) is 3.17. The number of halogens is 1. The van der Waals surface area contributed by atoms with Gasteiger partial charge in [0, 0.05) is 36.9 Å². The highest BCUT2D eigenvalue weighted by Gasteiger charge is 2.34. The summed E-state index contributed by atoms with van der Waals surface area (Å²) in [7, 11) is -3.66. The topological polar surface area (TPSA) is 70.8 Å². The summed E-state index contributed by atoms with van der Waals surface area (Å²) < 4.78 is 29.5. The first kappa shape index (κ1) is 18.7. The fourth-order valence-electron chi connectivity index (χ4n) is 3.29. The van der Waals surface area contributed by atoms with E-state index in [9.17, 15) is 8.42 Å². The number of aryl methyl sites for hydroxylation is 2. The first-order valence-corrected chi connectivity index (χ1v) is 11.4. The second-order valence-corrected chi connectivity index (χ2v) is 9.75. The first-order valence-electron chi connectivity index (χ1n) is 8.76. The van der Waals surface area contributed by atoms with Crippen LogP contribution < -0.4 is 4.90 Å². The summed E-state index contributed by atoms with van der Waals surface area (Å²) in [6.45, 7) is 5.75. The summed E-state index contributed by atoms with van der Waals surface area (Å²) in [5.74, 6) is 0. The largest absolute Gasteiger partial charge is 0.369 e. The number of fused-ring (bicyclic) bond motifs is 1. The number of anilines is 1. The molecule has 144 valence electrons. The van der Waals surface area contributed by atoms with Gasteiger partial charge in [-0.3, -0.25) is 0 Å². The van der Waals surface area contributed by atoms with Crippen molar-refractivity contribution in [3.8, 4) is 0 Å². The molecule has 1 fully saturated rings. The predicted molar refractivity (Wildman–Crippen MR) is 107 cm³/mol. The van der Waals surface area contributed by atoms with Gasteiger partial charge < -0.3 is 4.90 Å². The number of imidazole rings is 1. The molecule has 1 saturated heterocycles. The fourth-order valence-corrected chi connectivity index (χ4v) is 6.07. The highest BCUT2D eigenvalue weighted by molar-refractivity contribution is 7.89. The zero-order valence-electron chi connectivity index (χ0n) is 15.1. The summed E-state index contributed by atoms with van der Waals surface area (Å²) in [6, 6.07) is 7.62. The van der Waals surface area contributed by atoms with E-state index < -0.39 is 10.0 Å². The molecule has 3 aromatic rings. The van der Waals surface area contributed by atoms with Gasteiger partial charge in [0.2, 0.25) is 4.96 Å². The van der Waals surface area contributed by atoms with Crippen LogP contribution in [0.3, 0.4) is 0 Å². The highest BCUT2D eigenvalue weighted by atomic mass is 35.5. The van der Waals surface area contributed by atoms with Crippen LogP contribution in [0.1, 0.15) is 17.6 Å². The van der Waals surface area contributed by atoms with Crippen molar-refractivity contribution in [2.75, 3.05) is 31.1 Å². The maximum absolute atomic E-state index is 13.3. The summed E-state index contributed by atoms with van der Waals surface area (Å²) in [5, 5.41) is 6.16. The van der Waals surface area contributed by atoms with Crippen molar-refractivity contribution in [3.63, 3.8) is 0 Å². The van der Waals surface area contributed by atoms with E-state index in [1.165, 1.54) is 20.2 Å². The van der Waals surface area contributed by atoms with E-state index in [2.05, 4.69) is 15.0 Å². The molecule has 0 unspecified atom stereocenters. The Labute approximate surface area is 167 Å². The quantitative estimate of drug-likeness (QED) is 0.642. The maximum Gasteiger partial charge on any atom is 0.262 e. The zero-order chi connectivity index (χ0) is 19.2. The lowest BCUT2D eigenvalue weighted by Crippen LogP contribution is -2.49. The average molecular weight is 426 g/mol. The van der Waals surface area contributed by atoms with Crippen LogP contribution in [-0.4, -0.2) is 53.5 Å². The van der Waals surface area contributed by atoms with E-state index in [1.807, 2.05) is 31.2 Å². The minimum atomic E-state index is -3.66. The maximum atomic E-state index is 13.3. The third-order valence-corrected chi connectivity index (χ3v) is 7.96. The number of aromatic nitrogens is 3. The third-order valence-electron chi connectivity index (χ3n) is 4.67. The molecule has 0 saturated carbocycles. The van der Waals surface area contributed by atoms with Crippen LogP contribution in [0, 0.1) is 6.92 Å². The second-order valence-electron chi connectivity index (χ2n) is 6.42. The number of piperazine rings is 1. The molecule has 3 heterocycles. The zero-order valence-corrected chi connectivity index (χ0v) is 17.5. The lowest BCUT2D eigenvalue weighted by atomic mass is 10.2. The van der Waals surface area contributed by atoms with Crippen LogP contribution in [0.5, 0.6) is 0 Å². The highest BCUT2D eigenvalue weighted by Crippen LogP contribution is 2.27. The van der Waals surface area contributed by atoms with Crippen molar-refractivity contribution in [1.29, 1.82) is 0 Å². The van der Waals surface area contributed by atoms with Gasteiger partial charge in [-0.2, -0.15) is 13.9 Å². The molecule has 1 aromatic carbocycles. The van der Waals surface area contributed by atoms with Gasteiger partial charge in [0.15, 0.2) is 5.03 Å². The Morgan fingerprint density at radius 2 is 1.96 bits per heavy atom. The molecule has 2 aromatic heterocycles. The van der Waals surface area contributed by atoms with Crippen molar-refractivity contribution in [1.82, 2.24) is 18.9 Å². The molecule has 1 aliphatic rings. The Morgan fingerprint density at radius 1 is 1.22 bits per heavy atom. The summed E-state index contributed by atoms with van der Waals surface area (Å²) in [5.41, 5.74) is 1.50. The lowest BCUT2D eigenvalue weighted by molar-refractivity contribution is 0.382. The van der Waals surface area contributed by atoms with E-state index in [-0.39, 0.29) is 5.03 Å². The normalized spacial score (nSPS) is 16.3. The number of rotatable bonds is 4. The predicted octanol–water partition coefficient (Wildman–Crippen LogP) is 2.83. The number of hydrogen-bond acceptors (Lipinski definition) is 6. The number of hydrogen-bond donors (Lipinski definition) is 0. The van der Waals surface area contributed by atoms with Crippen LogP contribution in [-0.2, 0) is 16.4 Å². The van der Waals surface area contributed by atoms with Gasteiger partial charge in [-0.1, -0.05) is 35.9 Å². The van der Waals surface area contributed by atoms with Crippen LogP contribution in [0.15, 0.2) is 29.3 Å². The van der Waals surface area contributed by atoms with Crippen molar-refractivity contribution >= 4 is 43.6 Å². The minimum absolute atomic E-state index is 0.185. The second kappa shape index (κ2) is 7.05. The van der Waals surface area contributed by atoms with Crippen molar-refractivity contribution in [2.24, 2.45) is 0 Å². The molecule has 0 N–H and O–H groups in total. The Morgan fingerprint density at radius 3 is 2.63 bits per heavy atom. The lowest BCUT2D eigenvalue weighted by Gasteiger charge is -2.35. The molecule has 0 bridgehead atoms. The van der Waals surface area contributed by atoms with Gasteiger partial charge in [-0.15, -0.1) is 0 Å². The third kappa shape index (κ3) is 3.33. The number of benzene rings is 1. The SMILES string of the molecule is CCc1nn2c(S(=O)(=O)N3CCN(c4cccc(Cl)c4)CC3)c(C)nc2s1. The van der Waals surface area contributed by atoms with Crippen molar-refractivity contribution in [2.45, 2.75) is 25.3 Å². The molecule has 1 aliphatic heterocycles. The molecule has 0 atom stereocenters. The van der Waals surface area contributed by atoms with Crippen LogP contribution in [0.25, 0.3) is 4.96 Å². The monoisotopic (exact) mass is 425 g/mol. The Bertz CT molecular complexity index is 1080. The van der Waals surface area contributed by atoms with Gasteiger partial charge in [0.25, 0.3) is 10.0 Å².